The Balaban J connectivity index is 1.88. The molecule has 0 spiro atoms. The van der Waals surface area contributed by atoms with E-state index >= 15 is 0 Å². The number of carbonyl (C=O) groups excluding carboxylic acids is 2. The van der Waals surface area contributed by atoms with Crippen LogP contribution in [0.2, 0.25) is 0 Å². The summed E-state index contributed by atoms with van der Waals surface area (Å²) >= 11 is 1.47. The molecule has 1 aromatic heterocycles. The van der Waals surface area contributed by atoms with Gasteiger partial charge in [-0.1, -0.05) is 52.4 Å². The van der Waals surface area contributed by atoms with Crippen molar-refractivity contribution in [3.8, 4) is 0 Å². The fraction of sp³-hybridized carbons (Fsp3) is 0.762. The number of thiazole rings is 1. The summed E-state index contributed by atoms with van der Waals surface area (Å²) in [5.41, 5.74) is 0.472. The summed E-state index contributed by atoms with van der Waals surface area (Å²) in [6, 6.07) is 0. The van der Waals surface area contributed by atoms with Gasteiger partial charge in [0.15, 0.2) is 0 Å². The summed E-state index contributed by atoms with van der Waals surface area (Å²) in [5.74, 6) is 0.860. The molecule has 0 radical (unpaired) electrons. The van der Waals surface area contributed by atoms with Crippen molar-refractivity contribution in [2.75, 3.05) is 13.1 Å². The number of carbonyl (C=O) groups is 2. The van der Waals surface area contributed by atoms with Crippen molar-refractivity contribution in [1.82, 2.24) is 15.2 Å². The average molecular weight is 394 g/mol. The number of unbranched alkanes of at least 4 members (excludes halogenated alkanes) is 2. The zero-order valence-electron chi connectivity index (χ0n) is 17.0. The lowest BCUT2D eigenvalue weighted by Gasteiger charge is -2.22. The second kappa shape index (κ2) is 12.1. The second-order valence-corrected chi connectivity index (χ2v) is 8.54. The van der Waals surface area contributed by atoms with Crippen molar-refractivity contribution < 1.29 is 9.59 Å². The highest BCUT2D eigenvalue weighted by Crippen LogP contribution is 2.29. The third-order valence-electron chi connectivity index (χ3n) is 5.30. The number of rotatable bonds is 12. The number of hydrogen-bond donors (Lipinski definition) is 1. The molecule has 27 heavy (non-hydrogen) atoms. The zero-order chi connectivity index (χ0) is 19.5. The van der Waals surface area contributed by atoms with E-state index in [1.54, 1.807) is 5.38 Å². The fourth-order valence-corrected chi connectivity index (χ4v) is 4.33. The van der Waals surface area contributed by atoms with Crippen molar-refractivity contribution in [2.24, 2.45) is 5.92 Å². The van der Waals surface area contributed by atoms with Gasteiger partial charge in [0.1, 0.15) is 10.7 Å². The highest BCUT2D eigenvalue weighted by atomic mass is 32.1. The standard InChI is InChI=1S/C21H35N3O2S/c1-3-5-13-22-21(26)18-16-27-19(23-18)15-24(14-6-4-2)20(25)12-11-17-9-7-8-10-17/h16-17H,3-15H2,1-2H3,(H,22,26). The maximum absolute atomic E-state index is 12.7. The smallest absolute Gasteiger partial charge is 0.270 e. The van der Waals surface area contributed by atoms with Gasteiger partial charge in [0.25, 0.3) is 5.91 Å². The van der Waals surface area contributed by atoms with Gasteiger partial charge in [0, 0.05) is 24.9 Å². The molecule has 1 aromatic rings. The molecule has 0 atom stereocenters. The largest absolute Gasteiger partial charge is 0.351 e. The second-order valence-electron chi connectivity index (χ2n) is 7.59. The van der Waals surface area contributed by atoms with E-state index < -0.39 is 0 Å². The molecule has 1 fully saturated rings. The first-order chi connectivity index (χ1) is 13.1. The maximum atomic E-state index is 12.7. The molecule has 1 saturated carbocycles. The molecule has 1 N–H and O–H groups in total. The molecule has 152 valence electrons. The van der Waals surface area contributed by atoms with Gasteiger partial charge >= 0.3 is 0 Å². The first-order valence-electron chi connectivity index (χ1n) is 10.6. The molecule has 0 aliphatic heterocycles. The molecular formula is C21H35N3O2S. The van der Waals surface area contributed by atoms with Crippen LogP contribution in [0.5, 0.6) is 0 Å². The SMILES string of the molecule is CCCCNC(=O)c1csc(CN(CCCC)C(=O)CCC2CCCC2)n1. The molecule has 6 heteroatoms. The quantitative estimate of drug-likeness (QED) is 0.520. The summed E-state index contributed by atoms with van der Waals surface area (Å²) in [6.07, 6.45) is 11.0. The molecule has 1 aliphatic rings. The number of aromatic nitrogens is 1. The molecule has 0 unspecified atom stereocenters. The molecule has 0 saturated heterocycles. The van der Waals surface area contributed by atoms with E-state index in [9.17, 15) is 9.59 Å². The minimum Gasteiger partial charge on any atom is -0.351 e. The highest BCUT2D eigenvalue weighted by molar-refractivity contribution is 7.09. The molecule has 5 nitrogen and oxygen atoms in total. The Morgan fingerprint density at radius 2 is 1.96 bits per heavy atom. The summed E-state index contributed by atoms with van der Waals surface area (Å²) < 4.78 is 0. The average Bonchev–Trinajstić information content (AvgIpc) is 3.35. The lowest BCUT2D eigenvalue weighted by Crippen LogP contribution is -2.31. The van der Waals surface area contributed by atoms with Gasteiger partial charge in [0.2, 0.25) is 5.91 Å². The number of nitrogens with zero attached hydrogens (tertiary/aromatic N) is 2. The van der Waals surface area contributed by atoms with Crippen LogP contribution in [0, 0.1) is 5.92 Å². The molecular weight excluding hydrogens is 358 g/mol. The summed E-state index contributed by atoms with van der Waals surface area (Å²) in [6.45, 7) is 6.23. The van der Waals surface area contributed by atoms with Crippen LogP contribution in [0.15, 0.2) is 5.38 Å². The van der Waals surface area contributed by atoms with Crippen LogP contribution >= 0.6 is 11.3 Å². The Morgan fingerprint density at radius 1 is 1.22 bits per heavy atom. The van der Waals surface area contributed by atoms with Gasteiger partial charge in [0.05, 0.1) is 6.54 Å². The summed E-state index contributed by atoms with van der Waals surface area (Å²) in [5, 5.41) is 5.55. The van der Waals surface area contributed by atoms with Gasteiger partial charge in [-0.25, -0.2) is 4.98 Å². The zero-order valence-corrected chi connectivity index (χ0v) is 17.8. The monoisotopic (exact) mass is 393 g/mol. The van der Waals surface area contributed by atoms with Crippen LogP contribution in [0.25, 0.3) is 0 Å². The third-order valence-corrected chi connectivity index (χ3v) is 6.14. The predicted octanol–water partition coefficient (Wildman–Crippen LogP) is 4.77. The van der Waals surface area contributed by atoms with Gasteiger partial charge in [-0.15, -0.1) is 11.3 Å². The predicted molar refractivity (Wildman–Crippen MR) is 111 cm³/mol. The van der Waals surface area contributed by atoms with E-state index in [1.165, 1.54) is 37.0 Å². The highest BCUT2D eigenvalue weighted by Gasteiger charge is 2.20. The lowest BCUT2D eigenvalue weighted by molar-refractivity contribution is -0.132. The molecule has 1 aliphatic carbocycles. The van der Waals surface area contributed by atoms with Crippen LogP contribution in [0.3, 0.4) is 0 Å². The number of hydrogen-bond acceptors (Lipinski definition) is 4. The molecule has 0 aromatic carbocycles. The lowest BCUT2D eigenvalue weighted by atomic mass is 10.0. The van der Waals surface area contributed by atoms with Gasteiger partial charge < -0.3 is 10.2 Å². The Labute approximate surface area is 167 Å². The van der Waals surface area contributed by atoms with Crippen LogP contribution in [0.4, 0.5) is 0 Å². The van der Waals surface area contributed by atoms with Crippen LogP contribution in [0.1, 0.15) is 93.6 Å². The number of amides is 2. The minimum absolute atomic E-state index is 0.112. The van der Waals surface area contributed by atoms with Crippen LogP contribution < -0.4 is 5.32 Å². The van der Waals surface area contributed by atoms with Gasteiger partial charge in [-0.05, 0) is 25.2 Å². The first-order valence-corrected chi connectivity index (χ1v) is 11.5. The Kier molecular flexibility index (Phi) is 9.81. The van der Waals surface area contributed by atoms with Crippen molar-refractivity contribution in [3.05, 3.63) is 16.1 Å². The van der Waals surface area contributed by atoms with Crippen LogP contribution in [-0.2, 0) is 11.3 Å². The van der Waals surface area contributed by atoms with E-state index in [0.717, 1.165) is 49.6 Å². The first kappa shape index (κ1) is 21.9. The van der Waals surface area contributed by atoms with E-state index in [0.29, 0.717) is 25.2 Å². The van der Waals surface area contributed by atoms with Crippen molar-refractivity contribution in [3.63, 3.8) is 0 Å². The molecule has 1 heterocycles. The number of nitrogens with one attached hydrogen (secondary N) is 1. The van der Waals surface area contributed by atoms with E-state index in [2.05, 4.69) is 24.1 Å². The van der Waals surface area contributed by atoms with E-state index in [-0.39, 0.29) is 11.8 Å². The molecule has 2 rings (SSSR count). The maximum Gasteiger partial charge on any atom is 0.270 e. The van der Waals surface area contributed by atoms with Crippen molar-refractivity contribution in [1.29, 1.82) is 0 Å². The van der Waals surface area contributed by atoms with Gasteiger partial charge in [-0.3, -0.25) is 9.59 Å². The summed E-state index contributed by atoms with van der Waals surface area (Å²) in [7, 11) is 0. The minimum atomic E-state index is -0.112. The molecule has 0 bridgehead atoms. The van der Waals surface area contributed by atoms with Crippen LogP contribution in [-0.4, -0.2) is 34.8 Å². The summed E-state index contributed by atoms with van der Waals surface area (Å²) in [4.78, 5) is 31.3. The fourth-order valence-electron chi connectivity index (χ4n) is 3.55. The van der Waals surface area contributed by atoms with E-state index in [4.69, 9.17) is 0 Å². The van der Waals surface area contributed by atoms with Crippen molar-refractivity contribution >= 4 is 23.2 Å². The normalized spacial score (nSPS) is 14.4. The molecule has 2 amide bonds. The Morgan fingerprint density at radius 3 is 2.67 bits per heavy atom. The Bertz CT molecular complexity index is 582. The topological polar surface area (TPSA) is 62.3 Å². The van der Waals surface area contributed by atoms with Crippen molar-refractivity contribution in [2.45, 2.75) is 84.6 Å². The third kappa shape index (κ3) is 7.60. The van der Waals surface area contributed by atoms with E-state index in [1.807, 2.05) is 4.90 Å². The Hall–Kier alpha value is -1.43. The van der Waals surface area contributed by atoms with Gasteiger partial charge in [-0.2, -0.15) is 0 Å².